The Labute approximate surface area is 187 Å². The molecule has 3 rings (SSSR count). The number of aryl methyl sites for hydroxylation is 2. The van der Waals surface area contributed by atoms with Crippen molar-refractivity contribution < 1.29 is 9.53 Å². The van der Waals surface area contributed by atoms with E-state index in [1.54, 1.807) is 24.1 Å². The molecule has 0 N–H and O–H groups in total. The molecule has 0 spiro atoms. The van der Waals surface area contributed by atoms with E-state index in [1.807, 2.05) is 20.2 Å². The van der Waals surface area contributed by atoms with Gasteiger partial charge in [-0.3, -0.25) is 9.69 Å². The van der Waals surface area contributed by atoms with Crippen LogP contribution in [0.4, 0.5) is 5.13 Å². The molecule has 7 heteroatoms. The second-order valence-corrected chi connectivity index (χ2v) is 9.11. The summed E-state index contributed by atoms with van der Waals surface area (Å²) in [4.78, 5) is 22.0. The molecule has 0 unspecified atom stereocenters. The fraction of sp³-hybridized carbons (Fsp3) is 0.391. The smallest absolute Gasteiger partial charge is 0.233 e. The molecule has 0 saturated heterocycles. The Balaban J connectivity index is 1.93. The van der Waals surface area contributed by atoms with Gasteiger partial charge in [-0.2, -0.15) is 0 Å². The summed E-state index contributed by atoms with van der Waals surface area (Å²) < 4.78 is 6.28. The average Bonchev–Trinajstić information content (AvgIpc) is 3.14. The minimum absolute atomic E-state index is 0.0335. The molecular weight excluding hydrogens is 418 g/mol. The van der Waals surface area contributed by atoms with Crippen molar-refractivity contribution in [2.75, 3.05) is 39.2 Å². The van der Waals surface area contributed by atoms with E-state index < -0.39 is 0 Å². The summed E-state index contributed by atoms with van der Waals surface area (Å²) in [5, 5.41) is 1.27. The molecule has 0 aliphatic heterocycles. The molecule has 0 atom stereocenters. The maximum atomic E-state index is 13.3. The molecular formula is C23H28ClN3O2S. The second-order valence-electron chi connectivity index (χ2n) is 7.72. The van der Waals surface area contributed by atoms with Crippen molar-refractivity contribution in [3.8, 4) is 5.75 Å². The third kappa shape index (κ3) is 5.12. The molecule has 0 radical (unpaired) electrons. The zero-order valence-electron chi connectivity index (χ0n) is 18.2. The van der Waals surface area contributed by atoms with E-state index in [0.717, 1.165) is 23.2 Å². The largest absolute Gasteiger partial charge is 0.494 e. The summed E-state index contributed by atoms with van der Waals surface area (Å²) in [5.41, 5.74) is 4.12. The van der Waals surface area contributed by atoms with Gasteiger partial charge in [-0.05, 0) is 69.7 Å². The number of hydrogen-bond donors (Lipinski definition) is 0. The van der Waals surface area contributed by atoms with E-state index in [-0.39, 0.29) is 5.91 Å². The maximum Gasteiger partial charge on any atom is 0.233 e. The van der Waals surface area contributed by atoms with Crippen LogP contribution in [0.15, 0.2) is 30.3 Å². The van der Waals surface area contributed by atoms with Gasteiger partial charge in [0.2, 0.25) is 5.91 Å². The van der Waals surface area contributed by atoms with Gasteiger partial charge in [-0.15, -0.1) is 0 Å². The van der Waals surface area contributed by atoms with E-state index in [0.29, 0.717) is 34.4 Å². The SMILES string of the molecule is COc1ccc(Cl)c2sc(N(CCCN(C)C)C(=O)Cc3ccc(C)c(C)c3)nc12. The standard InChI is InChI=1S/C23H28ClN3O2S/c1-15-7-8-17(13-16(15)2)14-20(28)27(12-6-11-26(3)4)23-25-21-19(29-5)10-9-18(24)22(21)30-23/h7-10,13H,6,11-12,14H2,1-5H3. The summed E-state index contributed by atoms with van der Waals surface area (Å²) in [6.45, 7) is 5.64. The minimum Gasteiger partial charge on any atom is -0.494 e. The molecule has 0 bridgehead atoms. The monoisotopic (exact) mass is 445 g/mol. The summed E-state index contributed by atoms with van der Waals surface area (Å²) >= 11 is 7.83. The zero-order chi connectivity index (χ0) is 21.8. The minimum atomic E-state index is 0.0335. The number of benzene rings is 2. The summed E-state index contributed by atoms with van der Waals surface area (Å²) in [6.07, 6.45) is 1.19. The predicted molar refractivity (Wildman–Crippen MR) is 126 cm³/mol. The van der Waals surface area contributed by atoms with Crippen LogP contribution >= 0.6 is 22.9 Å². The number of methoxy groups -OCH3 is 1. The van der Waals surface area contributed by atoms with Gasteiger partial charge in [0.25, 0.3) is 0 Å². The first-order chi connectivity index (χ1) is 14.3. The Kier molecular flexibility index (Phi) is 7.34. The summed E-state index contributed by atoms with van der Waals surface area (Å²) in [5.74, 6) is 0.693. The van der Waals surface area contributed by atoms with Gasteiger partial charge in [-0.1, -0.05) is 41.1 Å². The normalized spacial score (nSPS) is 11.3. The molecule has 0 aliphatic rings. The van der Waals surface area contributed by atoms with Crippen molar-refractivity contribution in [2.24, 2.45) is 0 Å². The van der Waals surface area contributed by atoms with Crippen LogP contribution in [-0.2, 0) is 11.2 Å². The molecule has 2 aromatic carbocycles. The lowest BCUT2D eigenvalue weighted by atomic mass is 10.0. The van der Waals surface area contributed by atoms with Gasteiger partial charge in [0, 0.05) is 6.54 Å². The highest BCUT2D eigenvalue weighted by molar-refractivity contribution is 7.23. The molecule has 160 valence electrons. The van der Waals surface area contributed by atoms with Crippen molar-refractivity contribution in [1.29, 1.82) is 0 Å². The Hall–Kier alpha value is -2.15. The second kappa shape index (κ2) is 9.77. The van der Waals surface area contributed by atoms with Gasteiger partial charge in [0.1, 0.15) is 11.3 Å². The van der Waals surface area contributed by atoms with Crippen molar-refractivity contribution >= 4 is 44.2 Å². The van der Waals surface area contributed by atoms with Crippen LogP contribution in [0.25, 0.3) is 10.2 Å². The van der Waals surface area contributed by atoms with E-state index in [9.17, 15) is 4.79 Å². The summed E-state index contributed by atoms with van der Waals surface area (Å²) in [6, 6.07) is 9.79. The fourth-order valence-electron chi connectivity index (χ4n) is 3.28. The van der Waals surface area contributed by atoms with Crippen LogP contribution in [0.5, 0.6) is 5.75 Å². The van der Waals surface area contributed by atoms with Crippen LogP contribution in [0.1, 0.15) is 23.1 Å². The van der Waals surface area contributed by atoms with Gasteiger partial charge < -0.3 is 9.64 Å². The number of fused-ring (bicyclic) bond motifs is 1. The lowest BCUT2D eigenvalue weighted by molar-refractivity contribution is -0.118. The molecule has 5 nitrogen and oxygen atoms in total. The number of hydrogen-bond acceptors (Lipinski definition) is 5. The topological polar surface area (TPSA) is 45.7 Å². The Bertz CT molecular complexity index is 1050. The first-order valence-corrected chi connectivity index (χ1v) is 11.1. The van der Waals surface area contributed by atoms with Crippen molar-refractivity contribution in [3.05, 3.63) is 52.0 Å². The van der Waals surface area contributed by atoms with Gasteiger partial charge in [0.15, 0.2) is 5.13 Å². The van der Waals surface area contributed by atoms with Gasteiger partial charge in [0.05, 0.1) is 23.3 Å². The molecule has 0 fully saturated rings. The maximum absolute atomic E-state index is 13.3. The quantitative estimate of drug-likeness (QED) is 0.483. The zero-order valence-corrected chi connectivity index (χ0v) is 19.7. The Morgan fingerprint density at radius 2 is 1.90 bits per heavy atom. The number of nitrogens with zero attached hydrogens (tertiary/aromatic N) is 3. The van der Waals surface area contributed by atoms with Crippen molar-refractivity contribution in [1.82, 2.24) is 9.88 Å². The fourth-order valence-corrected chi connectivity index (χ4v) is 4.58. The number of anilines is 1. The number of halogens is 1. The molecule has 30 heavy (non-hydrogen) atoms. The molecule has 0 saturated carbocycles. The van der Waals surface area contributed by atoms with E-state index in [2.05, 4.69) is 30.9 Å². The number of ether oxygens (including phenoxy) is 1. The van der Waals surface area contributed by atoms with Crippen molar-refractivity contribution in [2.45, 2.75) is 26.7 Å². The van der Waals surface area contributed by atoms with E-state index >= 15 is 0 Å². The number of thiazole rings is 1. The number of carbonyl (C=O) groups excluding carboxylic acids is 1. The van der Waals surface area contributed by atoms with Crippen LogP contribution in [0.3, 0.4) is 0 Å². The molecule has 1 aromatic heterocycles. The van der Waals surface area contributed by atoms with Crippen LogP contribution in [0.2, 0.25) is 5.02 Å². The Morgan fingerprint density at radius 1 is 1.13 bits per heavy atom. The number of aromatic nitrogens is 1. The first kappa shape index (κ1) is 22.5. The Morgan fingerprint density at radius 3 is 2.57 bits per heavy atom. The molecule has 0 aliphatic carbocycles. The van der Waals surface area contributed by atoms with Crippen LogP contribution < -0.4 is 9.64 Å². The molecule has 3 aromatic rings. The number of carbonyl (C=O) groups is 1. The lowest BCUT2D eigenvalue weighted by Gasteiger charge is -2.21. The van der Waals surface area contributed by atoms with E-state index in [4.69, 9.17) is 21.3 Å². The molecule has 1 amide bonds. The lowest BCUT2D eigenvalue weighted by Crippen LogP contribution is -2.34. The van der Waals surface area contributed by atoms with Crippen molar-refractivity contribution in [3.63, 3.8) is 0 Å². The summed E-state index contributed by atoms with van der Waals surface area (Å²) in [7, 11) is 5.68. The van der Waals surface area contributed by atoms with Crippen LogP contribution in [0, 0.1) is 13.8 Å². The molecule has 1 heterocycles. The predicted octanol–water partition coefficient (Wildman–Crippen LogP) is 5.10. The number of amides is 1. The average molecular weight is 446 g/mol. The third-order valence-electron chi connectivity index (χ3n) is 5.11. The highest BCUT2D eigenvalue weighted by Gasteiger charge is 2.22. The highest BCUT2D eigenvalue weighted by Crippen LogP contribution is 2.38. The van der Waals surface area contributed by atoms with E-state index in [1.165, 1.54) is 22.5 Å². The number of rotatable bonds is 8. The third-order valence-corrected chi connectivity index (χ3v) is 6.65. The van der Waals surface area contributed by atoms with Gasteiger partial charge >= 0.3 is 0 Å². The first-order valence-electron chi connectivity index (χ1n) is 9.94. The van der Waals surface area contributed by atoms with Crippen LogP contribution in [-0.4, -0.2) is 50.1 Å². The highest BCUT2D eigenvalue weighted by atomic mass is 35.5. The van der Waals surface area contributed by atoms with Gasteiger partial charge in [-0.25, -0.2) is 4.98 Å².